The van der Waals surface area contributed by atoms with Gasteiger partial charge in [-0.1, -0.05) is 6.07 Å². The minimum Gasteiger partial charge on any atom is -0.378 e. The maximum atomic E-state index is 13.6. The highest BCUT2D eigenvalue weighted by Gasteiger charge is 2.37. The molecule has 5 heteroatoms. The van der Waals surface area contributed by atoms with Crippen molar-refractivity contribution < 1.29 is 18.3 Å². The number of piperidine rings is 1. The SMILES string of the molecule is O=C(c1c(F)cccc1F)C1CC2COCC(C1)N2. The number of carbonyl (C=O) groups excluding carboxylic acids is 1. The van der Waals surface area contributed by atoms with Gasteiger partial charge in [-0.2, -0.15) is 0 Å². The van der Waals surface area contributed by atoms with Crippen molar-refractivity contribution in [3.63, 3.8) is 0 Å². The van der Waals surface area contributed by atoms with Gasteiger partial charge in [-0.25, -0.2) is 8.78 Å². The number of Topliss-reactive ketones (excluding diaryl/α,β-unsaturated/α-hetero) is 1. The van der Waals surface area contributed by atoms with E-state index in [0.717, 1.165) is 12.1 Å². The smallest absolute Gasteiger partial charge is 0.171 e. The van der Waals surface area contributed by atoms with E-state index in [-0.39, 0.29) is 18.0 Å². The van der Waals surface area contributed by atoms with Crippen LogP contribution in [0, 0.1) is 17.6 Å². The highest BCUT2D eigenvalue weighted by atomic mass is 19.1. The Morgan fingerprint density at radius 1 is 1.16 bits per heavy atom. The number of fused-ring (bicyclic) bond motifs is 2. The monoisotopic (exact) mass is 267 g/mol. The maximum Gasteiger partial charge on any atom is 0.171 e. The van der Waals surface area contributed by atoms with Crippen molar-refractivity contribution in [1.82, 2.24) is 5.32 Å². The molecule has 0 amide bonds. The minimum atomic E-state index is -0.773. The van der Waals surface area contributed by atoms with E-state index >= 15 is 0 Å². The number of hydrogen-bond donors (Lipinski definition) is 1. The number of benzene rings is 1. The van der Waals surface area contributed by atoms with Gasteiger partial charge < -0.3 is 10.1 Å². The first-order valence-corrected chi connectivity index (χ1v) is 6.47. The Morgan fingerprint density at radius 2 is 1.74 bits per heavy atom. The van der Waals surface area contributed by atoms with E-state index in [1.807, 2.05) is 0 Å². The molecule has 0 spiro atoms. The Hall–Kier alpha value is -1.33. The first-order valence-electron chi connectivity index (χ1n) is 6.47. The number of nitrogens with one attached hydrogen (secondary N) is 1. The van der Waals surface area contributed by atoms with Crippen LogP contribution < -0.4 is 5.32 Å². The zero-order chi connectivity index (χ0) is 13.4. The molecule has 0 aromatic heterocycles. The third kappa shape index (κ3) is 2.40. The number of rotatable bonds is 2. The van der Waals surface area contributed by atoms with Crippen LogP contribution in [0.15, 0.2) is 18.2 Å². The second-order valence-corrected chi connectivity index (χ2v) is 5.23. The maximum absolute atomic E-state index is 13.6. The number of ether oxygens (including phenoxy) is 1. The van der Waals surface area contributed by atoms with E-state index in [1.165, 1.54) is 6.07 Å². The summed E-state index contributed by atoms with van der Waals surface area (Å²) in [6, 6.07) is 3.74. The van der Waals surface area contributed by atoms with Crippen LogP contribution >= 0.6 is 0 Å². The second kappa shape index (κ2) is 4.98. The topological polar surface area (TPSA) is 38.3 Å². The average Bonchev–Trinajstić information content (AvgIpc) is 2.37. The van der Waals surface area contributed by atoms with Crippen LogP contribution in [0.5, 0.6) is 0 Å². The summed E-state index contributed by atoms with van der Waals surface area (Å²) in [6.07, 6.45) is 1.15. The summed E-state index contributed by atoms with van der Waals surface area (Å²) in [5.74, 6) is -2.30. The van der Waals surface area contributed by atoms with Crippen molar-refractivity contribution >= 4 is 5.78 Å². The standard InChI is InChI=1S/C14H15F2NO2/c15-11-2-1-3-12(16)13(11)14(18)8-4-9-6-19-7-10(5-8)17-9/h1-3,8-10,17H,4-7H2. The fourth-order valence-corrected chi connectivity index (χ4v) is 2.99. The molecule has 3 rings (SSSR count). The van der Waals surface area contributed by atoms with Crippen molar-refractivity contribution in [3.05, 3.63) is 35.4 Å². The largest absolute Gasteiger partial charge is 0.378 e. The van der Waals surface area contributed by atoms with Gasteiger partial charge in [0.05, 0.1) is 18.8 Å². The molecule has 2 aliphatic rings. The molecule has 2 fully saturated rings. The lowest BCUT2D eigenvalue weighted by Crippen LogP contribution is -2.55. The quantitative estimate of drug-likeness (QED) is 0.832. The fourth-order valence-electron chi connectivity index (χ4n) is 2.99. The summed E-state index contributed by atoms with van der Waals surface area (Å²) in [5.41, 5.74) is -0.395. The predicted molar refractivity (Wildman–Crippen MR) is 64.9 cm³/mol. The number of carbonyl (C=O) groups is 1. The van der Waals surface area contributed by atoms with Gasteiger partial charge in [-0.3, -0.25) is 4.79 Å². The molecule has 0 aliphatic carbocycles. The van der Waals surface area contributed by atoms with Crippen molar-refractivity contribution in [3.8, 4) is 0 Å². The Bertz CT molecular complexity index is 474. The summed E-state index contributed by atoms with van der Waals surface area (Å²) in [6.45, 7) is 1.11. The number of halogens is 2. The third-order valence-electron chi connectivity index (χ3n) is 3.83. The third-order valence-corrected chi connectivity index (χ3v) is 3.83. The average molecular weight is 267 g/mol. The zero-order valence-electron chi connectivity index (χ0n) is 10.4. The Balaban J connectivity index is 1.84. The van der Waals surface area contributed by atoms with Gasteiger partial charge in [-0.15, -0.1) is 0 Å². The van der Waals surface area contributed by atoms with Crippen LogP contribution in [0.1, 0.15) is 23.2 Å². The van der Waals surface area contributed by atoms with Gasteiger partial charge in [-0.05, 0) is 25.0 Å². The zero-order valence-corrected chi connectivity index (χ0v) is 10.4. The van der Waals surface area contributed by atoms with E-state index < -0.39 is 23.0 Å². The summed E-state index contributed by atoms with van der Waals surface area (Å²) in [4.78, 5) is 12.3. The molecule has 3 nitrogen and oxygen atoms in total. The first kappa shape index (κ1) is 12.7. The Labute approximate surface area is 109 Å². The summed E-state index contributed by atoms with van der Waals surface area (Å²) in [7, 11) is 0. The molecule has 2 saturated heterocycles. The van der Waals surface area contributed by atoms with Gasteiger partial charge in [0.25, 0.3) is 0 Å². The van der Waals surface area contributed by atoms with E-state index in [0.29, 0.717) is 26.1 Å². The number of ketones is 1. The number of hydrogen-bond acceptors (Lipinski definition) is 3. The highest BCUT2D eigenvalue weighted by molar-refractivity contribution is 5.98. The molecular formula is C14H15F2NO2. The van der Waals surface area contributed by atoms with Gasteiger partial charge in [0.15, 0.2) is 5.78 Å². The Morgan fingerprint density at radius 3 is 2.32 bits per heavy atom. The molecule has 2 atom stereocenters. The lowest BCUT2D eigenvalue weighted by Gasteiger charge is -2.39. The minimum absolute atomic E-state index is 0.108. The van der Waals surface area contributed by atoms with Crippen molar-refractivity contribution in [1.29, 1.82) is 0 Å². The van der Waals surface area contributed by atoms with E-state index in [4.69, 9.17) is 4.74 Å². The number of morpholine rings is 1. The first-order chi connectivity index (χ1) is 9.15. The molecule has 1 aromatic carbocycles. The Kier molecular flexibility index (Phi) is 3.33. The van der Waals surface area contributed by atoms with Crippen LogP contribution in [-0.4, -0.2) is 31.1 Å². The lowest BCUT2D eigenvalue weighted by atomic mass is 9.82. The van der Waals surface area contributed by atoms with E-state index in [1.54, 1.807) is 0 Å². The molecule has 2 heterocycles. The molecule has 19 heavy (non-hydrogen) atoms. The molecule has 2 unspecified atom stereocenters. The normalized spacial score (nSPS) is 30.1. The summed E-state index contributed by atoms with van der Waals surface area (Å²) < 4.78 is 32.7. The fraction of sp³-hybridized carbons (Fsp3) is 0.500. The van der Waals surface area contributed by atoms with Gasteiger partial charge in [0.1, 0.15) is 11.6 Å². The van der Waals surface area contributed by atoms with Crippen LogP contribution in [-0.2, 0) is 4.74 Å². The van der Waals surface area contributed by atoms with Gasteiger partial charge >= 0.3 is 0 Å². The summed E-state index contributed by atoms with van der Waals surface area (Å²) >= 11 is 0. The molecule has 2 aliphatic heterocycles. The summed E-state index contributed by atoms with van der Waals surface area (Å²) in [5, 5.41) is 3.35. The van der Waals surface area contributed by atoms with Crippen molar-refractivity contribution in [2.24, 2.45) is 5.92 Å². The molecule has 0 radical (unpaired) electrons. The lowest BCUT2D eigenvalue weighted by molar-refractivity contribution is 0.00938. The van der Waals surface area contributed by atoms with Crippen LogP contribution in [0.25, 0.3) is 0 Å². The highest BCUT2D eigenvalue weighted by Crippen LogP contribution is 2.28. The van der Waals surface area contributed by atoms with E-state index in [2.05, 4.69) is 5.32 Å². The molecule has 102 valence electrons. The molecular weight excluding hydrogens is 252 g/mol. The molecule has 1 N–H and O–H groups in total. The predicted octanol–water partition coefficient (Wildman–Crippen LogP) is 1.91. The second-order valence-electron chi connectivity index (χ2n) is 5.23. The van der Waals surface area contributed by atoms with Crippen LogP contribution in [0.2, 0.25) is 0 Å². The van der Waals surface area contributed by atoms with Crippen molar-refractivity contribution in [2.75, 3.05) is 13.2 Å². The molecule has 1 aromatic rings. The van der Waals surface area contributed by atoms with Gasteiger partial charge in [0, 0.05) is 18.0 Å². The van der Waals surface area contributed by atoms with Crippen molar-refractivity contribution in [2.45, 2.75) is 24.9 Å². The van der Waals surface area contributed by atoms with Crippen LogP contribution in [0.3, 0.4) is 0 Å². The molecule has 0 saturated carbocycles. The van der Waals surface area contributed by atoms with Gasteiger partial charge in [0.2, 0.25) is 0 Å². The molecule has 2 bridgehead atoms. The van der Waals surface area contributed by atoms with Crippen LogP contribution in [0.4, 0.5) is 8.78 Å². The van der Waals surface area contributed by atoms with E-state index in [9.17, 15) is 13.6 Å².